The van der Waals surface area contributed by atoms with E-state index >= 15 is 0 Å². The van der Waals surface area contributed by atoms with Crippen molar-refractivity contribution in [2.24, 2.45) is 0 Å². The Morgan fingerprint density at radius 2 is 2.00 bits per heavy atom. The topological polar surface area (TPSA) is 32.3 Å². The fraction of sp³-hybridized carbons (Fsp3) is 0.500. The van der Waals surface area contributed by atoms with E-state index in [1.807, 2.05) is 7.05 Å². The third kappa shape index (κ3) is 3.22. The standard InChI is InChI=1S/C14H20N2O/c1-11-6-8-12(9-7-11)10-16(2)14(17)15-13-4-3-5-13/h6-9,13H,3-5,10H2,1-2H3,(H,15,17). The number of urea groups is 1. The van der Waals surface area contributed by atoms with Crippen LogP contribution in [0.1, 0.15) is 30.4 Å². The van der Waals surface area contributed by atoms with Gasteiger partial charge in [-0.3, -0.25) is 0 Å². The first kappa shape index (κ1) is 12.0. The molecular formula is C14H20N2O. The van der Waals surface area contributed by atoms with Gasteiger partial charge in [-0.2, -0.15) is 0 Å². The fourth-order valence-corrected chi connectivity index (χ4v) is 1.88. The van der Waals surface area contributed by atoms with Crippen molar-refractivity contribution in [2.45, 2.75) is 38.8 Å². The molecule has 3 nitrogen and oxygen atoms in total. The van der Waals surface area contributed by atoms with Gasteiger partial charge < -0.3 is 10.2 Å². The van der Waals surface area contributed by atoms with Crippen LogP contribution in [0.5, 0.6) is 0 Å². The predicted octanol–water partition coefficient (Wildman–Crippen LogP) is 2.69. The van der Waals surface area contributed by atoms with Crippen LogP contribution in [0.15, 0.2) is 24.3 Å². The SMILES string of the molecule is Cc1ccc(CN(C)C(=O)NC2CCC2)cc1. The summed E-state index contributed by atoms with van der Waals surface area (Å²) in [6.45, 7) is 2.73. The second-order valence-electron chi connectivity index (χ2n) is 4.92. The van der Waals surface area contributed by atoms with E-state index in [0.29, 0.717) is 12.6 Å². The van der Waals surface area contributed by atoms with Gasteiger partial charge >= 0.3 is 6.03 Å². The van der Waals surface area contributed by atoms with Crippen molar-refractivity contribution < 1.29 is 4.79 Å². The number of nitrogens with zero attached hydrogens (tertiary/aromatic N) is 1. The molecule has 0 saturated heterocycles. The summed E-state index contributed by atoms with van der Waals surface area (Å²) in [7, 11) is 1.84. The molecule has 0 aliphatic heterocycles. The summed E-state index contributed by atoms with van der Waals surface area (Å²) in [5.41, 5.74) is 2.41. The smallest absolute Gasteiger partial charge is 0.317 e. The molecule has 1 aliphatic rings. The predicted molar refractivity (Wildman–Crippen MR) is 68.8 cm³/mol. The first-order chi connectivity index (χ1) is 8.15. The van der Waals surface area contributed by atoms with Crippen LogP contribution >= 0.6 is 0 Å². The van der Waals surface area contributed by atoms with Crippen molar-refractivity contribution in [1.82, 2.24) is 10.2 Å². The lowest BCUT2D eigenvalue weighted by Gasteiger charge is -2.29. The summed E-state index contributed by atoms with van der Waals surface area (Å²) in [6, 6.07) is 8.74. The first-order valence-corrected chi connectivity index (χ1v) is 6.22. The lowest BCUT2D eigenvalue weighted by molar-refractivity contribution is 0.195. The van der Waals surface area contributed by atoms with Gasteiger partial charge in [-0.15, -0.1) is 0 Å². The summed E-state index contributed by atoms with van der Waals surface area (Å²) in [5.74, 6) is 0. The summed E-state index contributed by atoms with van der Waals surface area (Å²) in [6.07, 6.45) is 3.50. The fourth-order valence-electron chi connectivity index (χ4n) is 1.88. The lowest BCUT2D eigenvalue weighted by Crippen LogP contribution is -2.45. The average molecular weight is 232 g/mol. The molecule has 0 unspecified atom stereocenters. The molecule has 0 bridgehead atoms. The minimum absolute atomic E-state index is 0.0373. The van der Waals surface area contributed by atoms with Crippen LogP contribution in [-0.4, -0.2) is 24.0 Å². The molecule has 0 radical (unpaired) electrons. The maximum atomic E-state index is 11.8. The highest BCUT2D eigenvalue weighted by molar-refractivity contribution is 5.74. The van der Waals surface area contributed by atoms with E-state index in [0.717, 1.165) is 12.8 Å². The minimum Gasteiger partial charge on any atom is -0.335 e. The molecule has 0 heterocycles. The number of hydrogen-bond acceptors (Lipinski definition) is 1. The first-order valence-electron chi connectivity index (χ1n) is 6.22. The Morgan fingerprint density at radius 3 is 2.53 bits per heavy atom. The molecule has 1 aromatic rings. The number of amides is 2. The van der Waals surface area contributed by atoms with Crippen molar-refractivity contribution in [3.8, 4) is 0 Å². The highest BCUT2D eigenvalue weighted by atomic mass is 16.2. The van der Waals surface area contributed by atoms with Crippen molar-refractivity contribution in [3.05, 3.63) is 35.4 Å². The Morgan fingerprint density at radius 1 is 1.35 bits per heavy atom. The Bertz CT molecular complexity index is 382. The molecule has 1 aromatic carbocycles. The molecule has 2 amide bonds. The van der Waals surface area contributed by atoms with E-state index in [9.17, 15) is 4.79 Å². The highest BCUT2D eigenvalue weighted by Gasteiger charge is 2.20. The van der Waals surface area contributed by atoms with E-state index in [-0.39, 0.29) is 6.03 Å². The van der Waals surface area contributed by atoms with Gasteiger partial charge in [0.1, 0.15) is 0 Å². The van der Waals surface area contributed by atoms with Gasteiger partial charge in [0.25, 0.3) is 0 Å². The van der Waals surface area contributed by atoms with Crippen LogP contribution in [0.2, 0.25) is 0 Å². The van der Waals surface area contributed by atoms with Crippen LogP contribution in [0, 0.1) is 6.92 Å². The van der Waals surface area contributed by atoms with E-state index in [4.69, 9.17) is 0 Å². The van der Waals surface area contributed by atoms with Gasteiger partial charge in [0.2, 0.25) is 0 Å². The molecule has 0 spiro atoms. The quantitative estimate of drug-likeness (QED) is 0.853. The molecule has 2 rings (SSSR count). The van der Waals surface area contributed by atoms with E-state index in [2.05, 4.69) is 36.5 Å². The van der Waals surface area contributed by atoms with Gasteiger partial charge in [-0.25, -0.2) is 4.79 Å². The summed E-state index contributed by atoms with van der Waals surface area (Å²) in [4.78, 5) is 13.6. The molecule has 1 aliphatic carbocycles. The Balaban J connectivity index is 1.84. The highest BCUT2D eigenvalue weighted by Crippen LogP contribution is 2.18. The second-order valence-corrected chi connectivity index (χ2v) is 4.92. The van der Waals surface area contributed by atoms with Crippen molar-refractivity contribution in [2.75, 3.05) is 7.05 Å². The minimum atomic E-state index is 0.0373. The summed E-state index contributed by atoms with van der Waals surface area (Å²) in [5, 5.41) is 3.03. The second kappa shape index (κ2) is 5.21. The largest absolute Gasteiger partial charge is 0.335 e. The van der Waals surface area contributed by atoms with Crippen molar-refractivity contribution in [1.29, 1.82) is 0 Å². The van der Waals surface area contributed by atoms with E-state index < -0.39 is 0 Å². The molecule has 0 atom stereocenters. The molecule has 17 heavy (non-hydrogen) atoms. The molecular weight excluding hydrogens is 212 g/mol. The third-order valence-corrected chi connectivity index (χ3v) is 3.32. The zero-order chi connectivity index (χ0) is 12.3. The van der Waals surface area contributed by atoms with Crippen LogP contribution in [-0.2, 0) is 6.54 Å². The normalized spacial score (nSPS) is 15.2. The number of aryl methyl sites for hydroxylation is 1. The maximum Gasteiger partial charge on any atom is 0.317 e. The van der Waals surface area contributed by atoms with Gasteiger partial charge in [0.15, 0.2) is 0 Å². The monoisotopic (exact) mass is 232 g/mol. The molecule has 1 N–H and O–H groups in total. The number of rotatable bonds is 3. The van der Waals surface area contributed by atoms with Gasteiger partial charge in [-0.1, -0.05) is 29.8 Å². The Kier molecular flexibility index (Phi) is 3.67. The lowest BCUT2D eigenvalue weighted by atomic mass is 9.93. The molecule has 3 heteroatoms. The molecule has 0 aromatic heterocycles. The van der Waals surface area contributed by atoms with Crippen molar-refractivity contribution in [3.63, 3.8) is 0 Å². The van der Waals surface area contributed by atoms with Gasteiger partial charge in [-0.05, 0) is 31.7 Å². The Labute approximate surface area is 103 Å². The number of hydrogen-bond donors (Lipinski definition) is 1. The van der Waals surface area contributed by atoms with Crippen LogP contribution in [0.4, 0.5) is 4.79 Å². The molecule has 1 saturated carbocycles. The van der Waals surface area contributed by atoms with Crippen LogP contribution in [0.3, 0.4) is 0 Å². The average Bonchev–Trinajstić information content (AvgIpc) is 2.26. The van der Waals surface area contributed by atoms with Crippen molar-refractivity contribution >= 4 is 6.03 Å². The van der Waals surface area contributed by atoms with E-state index in [1.165, 1.54) is 17.5 Å². The molecule has 1 fully saturated rings. The Hall–Kier alpha value is -1.51. The molecule has 92 valence electrons. The summed E-state index contributed by atoms with van der Waals surface area (Å²) >= 11 is 0. The van der Waals surface area contributed by atoms with Crippen LogP contribution < -0.4 is 5.32 Å². The zero-order valence-corrected chi connectivity index (χ0v) is 10.6. The number of carbonyl (C=O) groups is 1. The number of carbonyl (C=O) groups excluding carboxylic acids is 1. The van der Waals surface area contributed by atoms with E-state index in [1.54, 1.807) is 4.90 Å². The maximum absolute atomic E-state index is 11.8. The summed E-state index contributed by atoms with van der Waals surface area (Å²) < 4.78 is 0. The van der Waals surface area contributed by atoms with Gasteiger partial charge in [0.05, 0.1) is 0 Å². The third-order valence-electron chi connectivity index (χ3n) is 3.32. The zero-order valence-electron chi connectivity index (χ0n) is 10.6. The number of nitrogens with one attached hydrogen (secondary N) is 1. The number of benzene rings is 1. The van der Waals surface area contributed by atoms with Gasteiger partial charge in [0, 0.05) is 19.6 Å². The van der Waals surface area contributed by atoms with Crippen LogP contribution in [0.25, 0.3) is 0 Å².